The van der Waals surface area contributed by atoms with Gasteiger partial charge in [-0.1, -0.05) is 60.4 Å². The number of halogens is 1. The highest BCUT2D eigenvalue weighted by Crippen LogP contribution is 2.39. The van der Waals surface area contributed by atoms with Crippen molar-refractivity contribution in [2.24, 2.45) is 0 Å². The molecule has 8 heteroatoms. The van der Waals surface area contributed by atoms with E-state index >= 15 is 0 Å². The molecule has 1 saturated heterocycles. The van der Waals surface area contributed by atoms with E-state index in [-0.39, 0.29) is 12.5 Å². The molecule has 5 nitrogen and oxygen atoms in total. The molecule has 1 aliphatic rings. The summed E-state index contributed by atoms with van der Waals surface area (Å²) in [4.78, 5) is 27.6. The lowest BCUT2D eigenvalue weighted by molar-refractivity contribution is -0.151. The topological polar surface area (TPSA) is 55.8 Å². The zero-order valence-electron chi connectivity index (χ0n) is 15.8. The van der Waals surface area contributed by atoms with Crippen LogP contribution >= 0.6 is 39.9 Å². The minimum absolute atomic E-state index is 0.215. The van der Waals surface area contributed by atoms with Crippen LogP contribution in [0.3, 0.4) is 0 Å². The monoisotopic (exact) mass is 491 g/mol. The van der Waals surface area contributed by atoms with E-state index in [1.54, 1.807) is 32.2 Å². The van der Waals surface area contributed by atoms with Crippen molar-refractivity contribution in [3.8, 4) is 5.75 Å². The fraction of sp³-hybridized carbons (Fsp3) is 0.190. The van der Waals surface area contributed by atoms with Gasteiger partial charge in [-0.15, -0.1) is 0 Å². The highest BCUT2D eigenvalue weighted by Gasteiger charge is 2.42. The molecule has 0 aliphatic carbocycles. The molecule has 0 saturated carbocycles. The molecule has 0 bridgehead atoms. The summed E-state index contributed by atoms with van der Waals surface area (Å²) in [6.45, 7) is 1.94. The molecule has 0 aromatic heterocycles. The first kappa shape index (κ1) is 21.5. The SMILES string of the molecule is CCOC(=O)C(c1ccccc1)N1C(=O)/C(=C\c2ccc(OC)c(Br)c2)SC1=S. The molecule has 150 valence electrons. The summed E-state index contributed by atoms with van der Waals surface area (Å²) in [6.07, 6.45) is 1.75. The second-order valence-electron chi connectivity index (χ2n) is 6.01. The van der Waals surface area contributed by atoms with Gasteiger partial charge in [0, 0.05) is 0 Å². The van der Waals surface area contributed by atoms with E-state index in [9.17, 15) is 9.59 Å². The number of benzene rings is 2. The number of hydrogen-bond acceptors (Lipinski definition) is 6. The maximum Gasteiger partial charge on any atom is 0.333 e. The van der Waals surface area contributed by atoms with Gasteiger partial charge in [-0.05, 0) is 52.2 Å². The molecule has 0 N–H and O–H groups in total. The molecule has 29 heavy (non-hydrogen) atoms. The fourth-order valence-corrected chi connectivity index (χ4v) is 4.74. The number of thioether (sulfide) groups is 1. The summed E-state index contributed by atoms with van der Waals surface area (Å²) in [5.41, 5.74) is 1.46. The predicted molar refractivity (Wildman–Crippen MR) is 122 cm³/mol. The van der Waals surface area contributed by atoms with Gasteiger partial charge < -0.3 is 9.47 Å². The van der Waals surface area contributed by atoms with Gasteiger partial charge in [-0.2, -0.15) is 0 Å². The van der Waals surface area contributed by atoms with Crippen LogP contribution < -0.4 is 4.74 Å². The zero-order valence-corrected chi connectivity index (χ0v) is 19.0. The Balaban J connectivity index is 1.95. The lowest BCUT2D eigenvalue weighted by Gasteiger charge is -2.25. The van der Waals surface area contributed by atoms with E-state index in [1.807, 2.05) is 36.4 Å². The van der Waals surface area contributed by atoms with Crippen molar-refractivity contribution < 1.29 is 19.1 Å². The van der Waals surface area contributed by atoms with Gasteiger partial charge in [0.2, 0.25) is 0 Å². The molecule has 2 aromatic rings. The van der Waals surface area contributed by atoms with Crippen LogP contribution in [0.4, 0.5) is 0 Å². The predicted octanol–water partition coefficient (Wildman–Crippen LogP) is 4.96. The number of ether oxygens (including phenoxy) is 2. The van der Waals surface area contributed by atoms with E-state index in [4.69, 9.17) is 21.7 Å². The molecule has 1 atom stereocenters. The summed E-state index contributed by atoms with van der Waals surface area (Å²) in [5, 5.41) is 0. The highest BCUT2D eigenvalue weighted by atomic mass is 79.9. The Morgan fingerprint density at radius 3 is 2.62 bits per heavy atom. The zero-order chi connectivity index (χ0) is 21.0. The Labute approximate surface area is 187 Å². The Bertz CT molecular complexity index is 978. The normalized spacial score (nSPS) is 16.2. The van der Waals surface area contributed by atoms with Crippen molar-refractivity contribution in [3.05, 3.63) is 69.0 Å². The van der Waals surface area contributed by atoms with Crippen molar-refractivity contribution in [2.45, 2.75) is 13.0 Å². The molecule has 1 unspecified atom stereocenters. The fourth-order valence-electron chi connectivity index (χ4n) is 2.87. The minimum atomic E-state index is -0.919. The second-order valence-corrected chi connectivity index (χ2v) is 8.54. The summed E-state index contributed by atoms with van der Waals surface area (Å²) < 4.78 is 11.5. The quantitative estimate of drug-likeness (QED) is 0.323. The standard InChI is InChI=1S/C21H18BrNO4S2/c1-3-27-20(25)18(14-7-5-4-6-8-14)23-19(24)17(29-21(23)28)12-13-9-10-16(26-2)15(22)11-13/h4-12,18H,3H2,1-2H3/b17-12+. The number of methoxy groups -OCH3 is 1. The average Bonchev–Trinajstić information content (AvgIpc) is 2.97. The third kappa shape index (κ3) is 4.71. The molecule has 3 rings (SSSR count). The first-order valence-corrected chi connectivity index (χ1v) is 10.8. The van der Waals surface area contributed by atoms with Crippen LogP contribution in [0.1, 0.15) is 24.1 Å². The van der Waals surface area contributed by atoms with Crippen LogP contribution in [0.15, 0.2) is 57.9 Å². The minimum Gasteiger partial charge on any atom is -0.496 e. The Kier molecular flexibility index (Phi) is 7.10. The smallest absolute Gasteiger partial charge is 0.333 e. The van der Waals surface area contributed by atoms with Crippen molar-refractivity contribution in [1.82, 2.24) is 4.90 Å². The Morgan fingerprint density at radius 2 is 2.00 bits per heavy atom. The van der Waals surface area contributed by atoms with Gasteiger partial charge in [0.05, 0.1) is 23.1 Å². The van der Waals surface area contributed by atoms with Gasteiger partial charge in [-0.3, -0.25) is 9.69 Å². The van der Waals surface area contributed by atoms with Crippen molar-refractivity contribution in [1.29, 1.82) is 0 Å². The van der Waals surface area contributed by atoms with Gasteiger partial charge in [0.15, 0.2) is 6.04 Å². The Morgan fingerprint density at radius 1 is 1.28 bits per heavy atom. The van der Waals surface area contributed by atoms with Gasteiger partial charge in [0.1, 0.15) is 10.1 Å². The molecule has 1 aliphatic heterocycles. The van der Waals surface area contributed by atoms with Crippen LogP contribution in [0.2, 0.25) is 0 Å². The number of carbonyl (C=O) groups excluding carboxylic acids is 2. The lowest BCUT2D eigenvalue weighted by Crippen LogP contribution is -2.38. The molecule has 0 spiro atoms. The summed E-state index contributed by atoms with van der Waals surface area (Å²) in [5.74, 6) is -0.140. The molecule has 0 radical (unpaired) electrons. The molecule has 1 amide bonds. The highest BCUT2D eigenvalue weighted by molar-refractivity contribution is 9.10. The van der Waals surface area contributed by atoms with Crippen molar-refractivity contribution in [2.75, 3.05) is 13.7 Å². The van der Waals surface area contributed by atoms with Gasteiger partial charge in [-0.25, -0.2) is 4.79 Å². The maximum atomic E-state index is 13.2. The van der Waals surface area contributed by atoms with E-state index < -0.39 is 12.0 Å². The van der Waals surface area contributed by atoms with Crippen molar-refractivity contribution >= 4 is 62.2 Å². The number of amides is 1. The summed E-state index contributed by atoms with van der Waals surface area (Å²) in [6, 6.07) is 13.6. The third-order valence-corrected chi connectivity index (χ3v) is 6.13. The number of hydrogen-bond donors (Lipinski definition) is 0. The van der Waals surface area contributed by atoms with Crippen LogP contribution in [0, 0.1) is 0 Å². The van der Waals surface area contributed by atoms with Crippen LogP contribution in [-0.2, 0) is 14.3 Å². The molecule has 1 fully saturated rings. The summed E-state index contributed by atoms with van der Waals surface area (Å²) >= 11 is 10.1. The van der Waals surface area contributed by atoms with E-state index in [0.717, 1.165) is 10.0 Å². The van der Waals surface area contributed by atoms with Crippen molar-refractivity contribution in [3.63, 3.8) is 0 Å². The first-order valence-electron chi connectivity index (χ1n) is 8.78. The number of thiocarbonyl (C=S) groups is 1. The van der Waals surface area contributed by atoms with E-state index in [2.05, 4.69) is 15.9 Å². The second kappa shape index (κ2) is 9.56. The Hall–Kier alpha value is -2.16. The van der Waals surface area contributed by atoms with E-state index in [1.165, 1.54) is 16.7 Å². The van der Waals surface area contributed by atoms with E-state index in [0.29, 0.717) is 20.5 Å². The first-order chi connectivity index (χ1) is 14.0. The lowest BCUT2D eigenvalue weighted by atomic mass is 10.1. The average molecular weight is 492 g/mol. The van der Waals surface area contributed by atoms with Crippen LogP contribution in [-0.4, -0.2) is 34.8 Å². The number of rotatable bonds is 6. The number of carbonyl (C=O) groups is 2. The third-order valence-electron chi connectivity index (χ3n) is 4.18. The number of nitrogens with zero attached hydrogens (tertiary/aromatic N) is 1. The molecular weight excluding hydrogens is 474 g/mol. The van der Waals surface area contributed by atoms with Crippen LogP contribution in [0.25, 0.3) is 6.08 Å². The molecule has 1 heterocycles. The number of esters is 1. The van der Waals surface area contributed by atoms with Gasteiger partial charge >= 0.3 is 5.97 Å². The molecule has 2 aromatic carbocycles. The molecular formula is C21H18BrNO4S2. The maximum absolute atomic E-state index is 13.2. The largest absolute Gasteiger partial charge is 0.496 e. The van der Waals surface area contributed by atoms with Crippen LogP contribution in [0.5, 0.6) is 5.75 Å². The van der Waals surface area contributed by atoms with Gasteiger partial charge in [0.25, 0.3) is 5.91 Å². The summed E-state index contributed by atoms with van der Waals surface area (Å²) in [7, 11) is 1.59.